The van der Waals surface area contributed by atoms with Crippen LogP contribution in [-0.4, -0.2) is 27.3 Å². The van der Waals surface area contributed by atoms with Gasteiger partial charge in [-0.25, -0.2) is 0 Å². The first-order valence-corrected chi connectivity index (χ1v) is 7.35. The molecule has 112 valence electrons. The van der Waals surface area contributed by atoms with E-state index in [4.69, 9.17) is 21.1 Å². The van der Waals surface area contributed by atoms with E-state index in [9.17, 15) is 0 Å². The Kier molecular flexibility index (Phi) is 7.48. The number of hydrogen-bond donors (Lipinski definition) is 1. The van der Waals surface area contributed by atoms with Crippen molar-refractivity contribution in [2.75, 3.05) is 27.3 Å². The van der Waals surface area contributed by atoms with Crippen LogP contribution in [0.4, 0.5) is 0 Å². The molecule has 0 spiro atoms. The summed E-state index contributed by atoms with van der Waals surface area (Å²) >= 11 is 6.22. The van der Waals surface area contributed by atoms with E-state index in [-0.39, 0.29) is 0 Å². The highest BCUT2D eigenvalue weighted by Gasteiger charge is 2.10. The number of halogens is 1. The largest absolute Gasteiger partial charge is 0.493 e. The smallest absolute Gasteiger partial charge is 0.179 e. The summed E-state index contributed by atoms with van der Waals surface area (Å²) in [5, 5.41) is 3.98. The molecule has 0 unspecified atom stereocenters. The lowest BCUT2D eigenvalue weighted by molar-refractivity contribution is 0.355. The number of hydrogen-bond acceptors (Lipinski definition) is 3. The molecule has 0 heterocycles. The van der Waals surface area contributed by atoms with E-state index in [1.165, 1.54) is 5.57 Å². The molecule has 0 radical (unpaired) electrons. The second kappa shape index (κ2) is 8.88. The van der Waals surface area contributed by atoms with Gasteiger partial charge in [0, 0.05) is 6.54 Å². The monoisotopic (exact) mass is 297 g/mol. The first kappa shape index (κ1) is 16.9. The molecular weight excluding hydrogens is 274 g/mol. The van der Waals surface area contributed by atoms with Crippen LogP contribution in [0.1, 0.15) is 32.3 Å². The Morgan fingerprint density at radius 2 is 2.00 bits per heavy atom. The fraction of sp³-hybridized carbons (Fsp3) is 0.500. The van der Waals surface area contributed by atoms with E-state index < -0.39 is 0 Å². The van der Waals surface area contributed by atoms with E-state index in [2.05, 4.69) is 25.2 Å². The van der Waals surface area contributed by atoms with Crippen molar-refractivity contribution < 1.29 is 9.47 Å². The summed E-state index contributed by atoms with van der Waals surface area (Å²) in [6.45, 7) is 6.25. The second-order valence-corrected chi connectivity index (χ2v) is 4.98. The second-order valence-electron chi connectivity index (χ2n) is 4.57. The van der Waals surface area contributed by atoms with Crippen molar-refractivity contribution in [3.8, 4) is 11.5 Å². The summed E-state index contributed by atoms with van der Waals surface area (Å²) in [4.78, 5) is 0. The number of nitrogens with one attached hydrogen (secondary N) is 1. The van der Waals surface area contributed by atoms with E-state index >= 15 is 0 Å². The van der Waals surface area contributed by atoms with Crippen molar-refractivity contribution in [3.05, 3.63) is 28.3 Å². The summed E-state index contributed by atoms with van der Waals surface area (Å²) in [5.41, 5.74) is 2.37. The molecule has 0 saturated carbocycles. The molecule has 0 bridgehead atoms. The molecule has 1 aromatic carbocycles. The van der Waals surface area contributed by atoms with Crippen molar-refractivity contribution in [2.45, 2.75) is 26.7 Å². The number of rotatable bonds is 8. The van der Waals surface area contributed by atoms with Crippen molar-refractivity contribution in [1.82, 2.24) is 5.32 Å². The molecule has 0 aliphatic heterocycles. The predicted octanol–water partition coefficient (Wildman–Crippen LogP) is 4.15. The van der Waals surface area contributed by atoms with Crippen LogP contribution in [0.25, 0.3) is 6.08 Å². The Morgan fingerprint density at radius 3 is 2.55 bits per heavy atom. The topological polar surface area (TPSA) is 30.5 Å². The van der Waals surface area contributed by atoms with E-state index in [0.29, 0.717) is 16.5 Å². The van der Waals surface area contributed by atoms with Gasteiger partial charge in [0.25, 0.3) is 0 Å². The minimum absolute atomic E-state index is 0.565. The molecule has 0 aromatic heterocycles. The molecule has 0 atom stereocenters. The zero-order chi connectivity index (χ0) is 15.0. The van der Waals surface area contributed by atoms with Gasteiger partial charge in [0.1, 0.15) is 0 Å². The summed E-state index contributed by atoms with van der Waals surface area (Å²) in [7, 11) is 3.20. The lowest BCUT2D eigenvalue weighted by Gasteiger charge is -2.11. The Labute approximate surface area is 126 Å². The van der Waals surface area contributed by atoms with Crippen molar-refractivity contribution in [1.29, 1.82) is 0 Å². The Balaban J connectivity index is 2.97. The molecule has 0 aliphatic carbocycles. The minimum Gasteiger partial charge on any atom is -0.493 e. The zero-order valence-electron chi connectivity index (χ0n) is 12.8. The Hall–Kier alpha value is -1.19. The van der Waals surface area contributed by atoms with Crippen LogP contribution in [0, 0.1) is 0 Å². The molecule has 0 amide bonds. The van der Waals surface area contributed by atoms with Crippen LogP contribution in [0.15, 0.2) is 17.7 Å². The van der Waals surface area contributed by atoms with E-state index in [0.717, 1.165) is 31.5 Å². The average molecular weight is 298 g/mol. The van der Waals surface area contributed by atoms with Gasteiger partial charge in [0.2, 0.25) is 0 Å². The highest BCUT2D eigenvalue weighted by molar-refractivity contribution is 6.32. The van der Waals surface area contributed by atoms with Gasteiger partial charge >= 0.3 is 0 Å². The summed E-state index contributed by atoms with van der Waals surface area (Å²) in [6.07, 6.45) is 4.29. The lowest BCUT2D eigenvalue weighted by atomic mass is 10.1. The molecule has 0 fully saturated rings. The van der Waals surface area contributed by atoms with Crippen LogP contribution in [0.2, 0.25) is 5.02 Å². The van der Waals surface area contributed by atoms with Gasteiger partial charge in [0.05, 0.1) is 19.2 Å². The summed E-state index contributed by atoms with van der Waals surface area (Å²) < 4.78 is 10.6. The molecule has 1 N–H and O–H groups in total. The van der Waals surface area contributed by atoms with Gasteiger partial charge in [-0.2, -0.15) is 0 Å². The molecule has 0 saturated heterocycles. The Bertz CT molecular complexity index is 458. The standard InChI is InChI=1S/C16H24ClNO2/c1-5-7-18-11-12(6-2)8-13-9-14(17)16(20-4)15(10-13)19-3/h8-10,18H,5-7,11H2,1-4H3. The van der Waals surface area contributed by atoms with Crippen LogP contribution in [0.5, 0.6) is 11.5 Å². The number of methoxy groups -OCH3 is 2. The average Bonchev–Trinajstić information content (AvgIpc) is 2.45. The van der Waals surface area contributed by atoms with E-state index in [1.807, 2.05) is 12.1 Å². The maximum atomic E-state index is 6.22. The fourth-order valence-corrected chi connectivity index (χ4v) is 2.26. The van der Waals surface area contributed by atoms with Crippen LogP contribution < -0.4 is 14.8 Å². The van der Waals surface area contributed by atoms with Gasteiger partial charge in [0.15, 0.2) is 11.5 Å². The number of ether oxygens (including phenoxy) is 2. The quantitative estimate of drug-likeness (QED) is 0.731. The SMILES string of the molecule is CCCNCC(=Cc1cc(Cl)c(OC)c(OC)c1)CC. The first-order valence-electron chi connectivity index (χ1n) is 6.97. The van der Waals surface area contributed by atoms with Gasteiger partial charge in [-0.1, -0.05) is 37.1 Å². The molecule has 3 nitrogen and oxygen atoms in total. The van der Waals surface area contributed by atoms with Crippen LogP contribution in [-0.2, 0) is 0 Å². The predicted molar refractivity (Wildman–Crippen MR) is 86.0 cm³/mol. The first-order chi connectivity index (χ1) is 9.65. The molecule has 1 rings (SSSR count). The molecule has 20 heavy (non-hydrogen) atoms. The normalized spacial score (nSPS) is 11.6. The third kappa shape index (κ3) is 4.73. The van der Waals surface area contributed by atoms with Crippen molar-refractivity contribution in [2.24, 2.45) is 0 Å². The summed E-state index contributed by atoms with van der Waals surface area (Å²) in [5.74, 6) is 1.23. The highest BCUT2D eigenvalue weighted by Crippen LogP contribution is 2.36. The van der Waals surface area contributed by atoms with Gasteiger partial charge in [-0.15, -0.1) is 0 Å². The van der Waals surface area contributed by atoms with Gasteiger partial charge in [-0.3, -0.25) is 0 Å². The maximum absolute atomic E-state index is 6.22. The van der Waals surface area contributed by atoms with E-state index in [1.54, 1.807) is 14.2 Å². The molecule has 1 aromatic rings. The third-order valence-electron chi connectivity index (χ3n) is 3.06. The molecule has 4 heteroatoms. The fourth-order valence-electron chi connectivity index (χ4n) is 1.96. The maximum Gasteiger partial charge on any atom is 0.179 e. The number of benzene rings is 1. The zero-order valence-corrected chi connectivity index (χ0v) is 13.5. The minimum atomic E-state index is 0.565. The van der Waals surface area contributed by atoms with Crippen molar-refractivity contribution in [3.63, 3.8) is 0 Å². The Morgan fingerprint density at radius 1 is 1.25 bits per heavy atom. The summed E-state index contributed by atoms with van der Waals surface area (Å²) in [6, 6.07) is 3.85. The highest BCUT2D eigenvalue weighted by atomic mass is 35.5. The van der Waals surface area contributed by atoms with Crippen molar-refractivity contribution >= 4 is 17.7 Å². The molecule has 0 aliphatic rings. The molecular formula is C16H24ClNO2. The third-order valence-corrected chi connectivity index (χ3v) is 3.34. The van der Waals surface area contributed by atoms with Crippen LogP contribution >= 0.6 is 11.6 Å². The van der Waals surface area contributed by atoms with Gasteiger partial charge in [-0.05, 0) is 37.1 Å². The van der Waals surface area contributed by atoms with Crippen LogP contribution in [0.3, 0.4) is 0 Å². The lowest BCUT2D eigenvalue weighted by Crippen LogP contribution is -2.17. The van der Waals surface area contributed by atoms with Gasteiger partial charge < -0.3 is 14.8 Å².